The van der Waals surface area contributed by atoms with Crippen LogP contribution in [0.3, 0.4) is 0 Å². The highest BCUT2D eigenvalue weighted by Crippen LogP contribution is 2.39. The van der Waals surface area contributed by atoms with Crippen LogP contribution in [0, 0.1) is 5.82 Å². The van der Waals surface area contributed by atoms with Gasteiger partial charge in [0.1, 0.15) is 23.4 Å². The Kier molecular flexibility index (Phi) is 3.87. The monoisotopic (exact) mass is 352 g/mol. The van der Waals surface area contributed by atoms with Crippen molar-refractivity contribution in [2.24, 2.45) is 0 Å². The molecule has 3 nitrogen and oxygen atoms in total. The lowest BCUT2D eigenvalue weighted by Gasteiger charge is -2.16. The molecule has 2 aromatic carbocycles. The molecule has 0 amide bonds. The molecule has 0 aromatic heterocycles. The number of ether oxygens (including phenoxy) is 2. The molecule has 0 saturated heterocycles. The zero-order chi connectivity index (χ0) is 15.0. The van der Waals surface area contributed by atoms with Crippen molar-refractivity contribution in [1.82, 2.24) is 0 Å². The third-order valence-electron chi connectivity index (χ3n) is 3.57. The van der Waals surface area contributed by atoms with Crippen LogP contribution in [0.25, 0.3) is 0 Å². The van der Waals surface area contributed by atoms with E-state index in [4.69, 9.17) is 9.47 Å². The van der Waals surface area contributed by atoms with Crippen molar-refractivity contribution in [3.63, 3.8) is 0 Å². The van der Waals surface area contributed by atoms with Gasteiger partial charge in [0.25, 0.3) is 0 Å². The first-order valence-corrected chi connectivity index (χ1v) is 7.36. The van der Waals surface area contributed by atoms with Gasteiger partial charge in [-0.2, -0.15) is 0 Å². The Morgan fingerprint density at radius 3 is 2.81 bits per heavy atom. The number of hydrogen-bond acceptors (Lipinski definition) is 3. The SMILES string of the molecule is COc1ccc(C(O)c2cc(Br)cc3c2OCC3)c(F)c1. The van der Waals surface area contributed by atoms with Crippen molar-refractivity contribution in [2.45, 2.75) is 12.5 Å². The molecule has 5 heteroatoms. The first-order chi connectivity index (χ1) is 10.1. The number of aliphatic hydroxyl groups is 1. The van der Waals surface area contributed by atoms with Crippen molar-refractivity contribution >= 4 is 15.9 Å². The third kappa shape index (κ3) is 2.63. The van der Waals surface area contributed by atoms with Crippen molar-refractivity contribution in [3.05, 3.63) is 57.3 Å². The van der Waals surface area contributed by atoms with Crippen molar-refractivity contribution in [3.8, 4) is 11.5 Å². The summed E-state index contributed by atoms with van der Waals surface area (Å²) >= 11 is 3.42. The summed E-state index contributed by atoms with van der Waals surface area (Å²) in [4.78, 5) is 0. The summed E-state index contributed by atoms with van der Waals surface area (Å²) in [5, 5.41) is 10.5. The number of benzene rings is 2. The minimum absolute atomic E-state index is 0.201. The predicted molar refractivity (Wildman–Crippen MR) is 80.4 cm³/mol. The molecule has 1 aliphatic heterocycles. The molecule has 0 saturated carbocycles. The second-order valence-electron chi connectivity index (χ2n) is 4.87. The van der Waals surface area contributed by atoms with E-state index in [1.54, 1.807) is 12.1 Å². The highest BCUT2D eigenvalue weighted by atomic mass is 79.9. The normalized spacial score (nSPS) is 14.5. The van der Waals surface area contributed by atoms with Crippen molar-refractivity contribution < 1.29 is 19.0 Å². The molecule has 0 fully saturated rings. The summed E-state index contributed by atoms with van der Waals surface area (Å²) in [6, 6.07) is 8.14. The fourth-order valence-electron chi connectivity index (χ4n) is 2.53. The second-order valence-corrected chi connectivity index (χ2v) is 5.79. The first kappa shape index (κ1) is 14.4. The van der Waals surface area contributed by atoms with E-state index in [0.29, 0.717) is 23.7 Å². The Morgan fingerprint density at radius 2 is 2.10 bits per heavy atom. The van der Waals surface area contributed by atoms with Crippen LogP contribution < -0.4 is 9.47 Å². The van der Waals surface area contributed by atoms with Crippen LogP contribution in [0.15, 0.2) is 34.8 Å². The fourth-order valence-corrected chi connectivity index (χ4v) is 3.05. The van der Waals surface area contributed by atoms with Crippen LogP contribution in [-0.4, -0.2) is 18.8 Å². The van der Waals surface area contributed by atoms with Crippen LogP contribution in [-0.2, 0) is 6.42 Å². The first-order valence-electron chi connectivity index (χ1n) is 6.56. The van der Waals surface area contributed by atoms with Crippen LogP contribution in [0.4, 0.5) is 4.39 Å². The average Bonchev–Trinajstić information content (AvgIpc) is 2.93. The maximum absolute atomic E-state index is 14.1. The lowest BCUT2D eigenvalue weighted by molar-refractivity contribution is 0.208. The molecular formula is C16H14BrFO3. The fraction of sp³-hybridized carbons (Fsp3) is 0.250. The second kappa shape index (κ2) is 5.66. The van der Waals surface area contributed by atoms with Crippen molar-refractivity contribution in [1.29, 1.82) is 0 Å². The number of methoxy groups -OCH3 is 1. The van der Waals surface area contributed by atoms with Crippen LogP contribution in [0.1, 0.15) is 22.8 Å². The minimum Gasteiger partial charge on any atom is -0.497 e. The van der Waals surface area contributed by atoms with Gasteiger partial charge in [0.2, 0.25) is 0 Å². The van der Waals surface area contributed by atoms with E-state index in [2.05, 4.69) is 15.9 Å². The van der Waals surface area contributed by atoms with Crippen LogP contribution in [0.5, 0.6) is 11.5 Å². The molecule has 1 heterocycles. The van der Waals surface area contributed by atoms with Gasteiger partial charge in [0.15, 0.2) is 0 Å². The number of fused-ring (bicyclic) bond motifs is 1. The number of halogens is 2. The molecule has 110 valence electrons. The summed E-state index contributed by atoms with van der Waals surface area (Å²) in [5.41, 5.74) is 1.79. The molecule has 0 radical (unpaired) electrons. The van der Waals surface area contributed by atoms with E-state index >= 15 is 0 Å². The van der Waals surface area contributed by atoms with Crippen molar-refractivity contribution in [2.75, 3.05) is 13.7 Å². The highest BCUT2D eigenvalue weighted by Gasteiger charge is 2.25. The van der Waals surface area contributed by atoms with Gasteiger partial charge in [-0.3, -0.25) is 0 Å². The van der Waals surface area contributed by atoms with E-state index < -0.39 is 11.9 Å². The van der Waals surface area contributed by atoms with Gasteiger partial charge in [-0.05, 0) is 29.8 Å². The zero-order valence-corrected chi connectivity index (χ0v) is 13.0. The van der Waals surface area contributed by atoms with Gasteiger partial charge in [-0.25, -0.2) is 4.39 Å². The lowest BCUT2D eigenvalue weighted by atomic mass is 9.98. The van der Waals surface area contributed by atoms with Gasteiger partial charge in [0.05, 0.1) is 13.7 Å². The lowest BCUT2D eigenvalue weighted by Crippen LogP contribution is -2.05. The smallest absolute Gasteiger partial charge is 0.133 e. The van der Waals surface area contributed by atoms with Gasteiger partial charge in [0, 0.05) is 28.1 Å². The molecule has 21 heavy (non-hydrogen) atoms. The zero-order valence-electron chi connectivity index (χ0n) is 11.4. The molecule has 1 unspecified atom stereocenters. The van der Waals surface area contributed by atoms with Gasteiger partial charge in [-0.1, -0.05) is 15.9 Å². The average molecular weight is 353 g/mol. The Balaban J connectivity index is 2.05. The Bertz CT molecular complexity index is 687. The standard InChI is InChI=1S/C16H14BrFO3/c1-20-11-2-3-12(14(18)8-11)15(19)13-7-10(17)6-9-4-5-21-16(9)13/h2-3,6-8,15,19H,4-5H2,1H3. The molecule has 0 aliphatic carbocycles. The van der Waals surface area contributed by atoms with Gasteiger partial charge >= 0.3 is 0 Å². The number of hydrogen-bond donors (Lipinski definition) is 1. The quantitative estimate of drug-likeness (QED) is 0.916. The summed E-state index contributed by atoms with van der Waals surface area (Å²) in [6.45, 7) is 0.580. The maximum atomic E-state index is 14.1. The molecule has 0 spiro atoms. The number of rotatable bonds is 3. The molecule has 1 N–H and O–H groups in total. The Labute approximate surface area is 130 Å². The van der Waals surface area contributed by atoms with Gasteiger partial charge in [-0.15, -0.1) is 0 Å². The predicted octanol–water partition coefficient (Wildman–Crippen LogP) is 3.61. The van der Waals surface area contributed by atoms with E-state index in [1.165, 1.54) is 19.2 Å². The van der Waals surface area contributed by atoms with E-state index in [0.717, 1.165) is 16.5 Å². The van der Waals surface area contributed by atoms with E-state index in [-0.39, 0.29) is 5.56 Å². The van der Waals surface area contributed by atoms with E-state index in [1.807, 2.05) is 6.07 Å². The molecule has 1 aliphatic rings. The largest absolute Gasteiger partial charge is 0.497 e. The molecular weight excluding hydrogens is 339 g/mol. The summed E-state index contributed by atoms with van der Waals surface area (Å²) in [6.07, 6.45) is -0.292. The highest BCUT2D eigenvalue weighted by molar-refractivity contribution is 9.10. The van der Waals surface area contributed by atoms with Crippen LogP contribution >= 0.6 is 15.9 Å². The summed E-state index contributed by atoms with van der Waals surface area (Å²) in [5.74, 6) is 0.564. The summed E-state index contributed by atoms with van der Waals surface area (Å²) in [7, 11) is 1.47. The molecule has 1 atom stereocenters. The van der Waals surface area contributed by atoms with Gasteiger partial charge < -0.3 is 14.6 Å². The molecule has 0 bridgehead atoms. The molecule has 2 aromatic rings. The summed E-state index contributed by atoms with van der Waals surface area (Å²) < 4.78 is 25.5. The third-order valence-corrected chi connectivity index (χ3v) is 4.03. The molecule has 3 rings (SSSR count). The topological polar surface area (TPSA) is 38.7 Å². The maximum Gasteiger partial charge on any atom is 0.133 e. The van der Waals surface area contributed by atoms with Crippen LogP contribution in [0.2, 0.25) is 0 Å². The Hall–Kier alpha value is -1.59. The van der Waals surface area contributed by atoms with E-state index in [9.17, 15) is 9.50 Å². The minimum atomic E-state index is -1.08. The Morgan fingerprint density at radius 1 is 1.29 bits per heavy atom. The number of aliphatic hydroxyl groups excluding tert-OH is 1.